The van der Waals surface area contributed by atoms with Gasteiger partial charge in [-0.05, 0) is 49.3 Å². The van der Waals surface area contributed by atoms with Crippen LogP contribution in [0.3, 0.4) is 0 Å². The smallest absolute Gasteiger partial charge is 0.150 e. The minimum atomic E-state index is -3.04. The maximum atomic E-state index is 13.1. The third kappa shape index (κ3) is 4.03. The average molecular weight is 300 g/mol. The molecule has 0 saturated heterocycles. The molecule has 1 N–H and O–H groups in total. The van der Waals surface area contributed by atoms with Crippen LogP contribution >= 0.6 is 0 Å². The van der Waals surface area contributed by atoms with E-state index in [1.807, 2.05) is 0 Å². The van der Waals surface area contributed by atoms with E-state index >= 15 is 0 Å². The molecule has 1 saturated carbocycles. The Labute approximate surface area is 119 Å². The third-order valence-corrected chi connectivity index (χ3v) is 5.79. The Morgan fingerprint density at radius 2 is 2.15 bits per heavy atom. The van der Waals surface area contributed by atoms with Crippen molar-refractivity contribution in [3.8, 4) is 0 Å². The number of hydrogen-bond donors (Lipinski definition) is 1. The molecule has 5 heteroatoms. The van der Waals surface area contributed by atoms with Crippen molar-refractivity contribution >= 4 is 9.84 Å². The van der Waals surface area contributed by atoms with Gasteiger partial charge in [-0.3, -0.25) is 0 Å². The molecule has 1 aliphatic rings. The number of hydrogen-bond acceptors (Lipinski definition) is 3. The summed E-state index contributed by atoms with van der Waals surface area (Å²) in [6.45, 7) is 0. The fourth-order valence-corrected chi connectivity index (χ4v) is 4.18. The first kappa shape index (κ1) is 15.4. The highest BCUT2D eigenvalue weighted by molar-refractivity contribution is 7.91. The summed E-state index contributed by atoms with van der Waals surface area (Å²) in [5.41, 5.74) is 0.749. The molecule has 1 aromatic carbocycles. The first-order valence-electron chi connectivity index (χ1n) is 6.97. The summed E-state index contributed by atoms with van der Waals surface area (Å²) >= 11 is 0. The highest BCUT2D eigenvalue weighted by Gasteiger charge is 2.32. The lowest BCUT2D eigenvalue weighted by Gasteiger charge is -2.31. The van der Waals surface area contributed by atoms with Crippen molar-refractivity contribution < 1.29 is 17.9 Å². The SMILES string of the molecule is CS(=O)(=O)C1CCCC(C(O)Cc2cccc(F)c2)C1. The van der Waals surface area contributed by atoms with Crippen molar-refractivity contribution in [2.75, 3.05) is 6.26 Å². The van der Waals surface area contributed by atoms with E-state index in [1.165, 1.54) is 18.4 Å². The quantitative estimate of drug-likeness (QED) is 0.928. The van der Waals surface area contributed by atoms with E-state index in [2.05, 4.69) is 0 Å². The van der Waals surface area contributed by atoms with Crippen LogP contribution in [0.5, 0.6) is 0 Å². The van der Waals surface area contributed by atoms with Crippen molar-refractivity contribution in [2.24, 2.45) is 5.92 Å². The zero-order chi connectivity index (χ0) is 14.8. The van der Waals surface area contributed by atoms with Crippen molar-refractivity contribution in [1.82, 2.24) is 0 Å². The van der Waals surface area contributed by atoms with Gasteiger partial charge in [-0.15, -0.1) is 0 Å². The van der Waals surface area contributed by atoms with Crippen LogP contribution in [-0.2, 0) is 16.3 Å². The molecule has 0 aliphatic heterocycles. The zero-order valence-corrected chi connectivity index (χ0v) is 12.4. The highest BCUT2D eigenvalue weighted by Crippen LogP contribution is 2.31. The molecule has 1 fully saturated rings. The predicted molar refractivity (Wildman–Crippen MR) is 76.7 cm³/mol. The van der Waals surface area contributed by atoms with Crippen LogP contribution in [0, 0.1) is 11.7 Å². The van der Waals surface area contributed by atoms with E-state index < -0.39 is 15.9 Å². The monoisotopic (exact) mass is 300 g/mol. The molecule has 2 rings (SSSR count). The summed E-state index contributed by atoms with van der Waals surface area (Å²) in [6.07, 6.45) is 3.88. The lowest BCUT2D eigenvalue weighted by atomic mass is 9.83. The molecule has 20 heavy (non-hydrogen) atoms. The summed E-state index contributed by atoms with van der Waals surface area (Å²) in [5, 5.41) is 9.94. The van der Waals surface area contributed by atoms with Gasteiger partial charge in [-0.2, -0.15) is 0 Å². The Morgan fingerprint density at radius 3 is 2.80 bits per heavy atom. The highest BCUT2D eigenvalue weighted by atomic mass is 32.2. The van der Waals surface area contributed by atoms with Gasteiger partial charge in [0.1, 0.15) is 15.7 Å². The van der Waals surface area contributed by atoms with E-state index in [4.69, 9.17) is 0 Å². The van der Waals surface area contributed by atoms with Crippen LogP contribution in [0.15, 0.2) is 24.3 Å². The summed E-state index contributed by atoms with van der Waals surface area (Å²) in [6, 6.07) is 6.19. The van der Waals surface area contributed by atoms with Crippen LogP contribution in [0.4, 0.5) is 4.39 Å². The van der Waals surface area contributed by atoms with Crippen LogP contribution in [-0.4, -0.2) is 31.1 Å². The molecule has 112 valence electrons. The minimum Gasteiger partial charge on any atom is -0.392 e. The van der Waals surface area contributed by atoms with E-state index in [0.29, 0.717) is 19.3 Å². The Bertz CT molecular complexity index is 556. The number of benzene rings is 1. The largest absolute Gasteiger partial charge is 0.392 e. The number of aliphatic hydroxyl groups is 1. The Hall–Kier alpha value is -0.940. The maximum Gasteiger partial charge on any atom is 0.150 e. The van der Waals surface area contributed by atoms with E-state index in [-0.39, 0.29) is 17.0 Å². The molecule has 0 aromatic heterocycles. The maximum absolute atomic E-state index is 13.1. The van der Waals surface area contributed by atoms with Crippen molar-refractivity contribution in [1.29, 1.82) is 0 Å². The summed E-state index contributed by atoms with van der Waals surface area (Å²) < 4.78 is 36.4. The fourth-order valence-electron chi connectivity index (χ4n) is 2.99. The van der Waals surface area contributed by atoms with Gasteiger partial charge in [-0.25, -0.2) is 12.8 Å². The molecule has 3 nitrogen and oxygen atoms in total. The van der Waals surface area contributed by atoms with Gasteiger partial charge in [0.05, 0.1) is 11.4 Å². The first-order chi connectivity index (χ1) is 9.36. The standard InChI is InChI=1S/C15H21FO3S/c1-20(18,19)14-7-3-5-12(10-14)15(17)9-11-4-2-6-13(16)8-11/h2,4,6,8,12,14-15,17H,3,5,7,9-10H2,1H3. The topological polar surface area (TPSA) is 54.4 Å². The number of rotatable bonds is 4. The lowest BCUT2D eigenvalue weighted by Crippen LogP contribution is -2.34. The second-order valence-corrected chi connectivity index (χ2v) is 8.11. The lowest BCUT2D eigenvalue weighted by molar-refractivity contribution is 0.0859. The average Bonchev–Trinajstić information content (AvgIpc) is 2.38. The normalized spacial score (nSPS) is 25.4. The number of halogens is 1. The Balaban J connectivity index is 2.00. The van der Waals surface area contributed by atoms with E-state index in [9.17, 15) is 17.9 Å². The molecule has 3 atom stereocenters. The van der Waals surface area contributed by atoms with Crippen molar-refractivity contribution in [3.05, 3.63) is 35.6 Å². The summed E-state index contributed by atoms with van der Waals surface area (Å²) in [5.74, 6) is -0.334. The van der Waals surface area contributed by atoms with Crippen molar-refractivity contribution in [3.63, 3.8) is 0 Å². The Morgan fingerprint density at radius 1 is 1.40 bits per heavy atom. The van der Waals surface area contributed by atoms with Gasteiger partial charge < -0.3 is 5.11 Å². The molecule has 0 heterocycles. The minimum absolute atomic E-state index is 0.0215. The van der Waals surface area contributed by atoms with Gasteiger partial charge in [0, 0.05) is 6.26 Å². The van der Waals surface area contributed by atoms with Gasteiger partial charge in [0.2, 0.25) is 0 Å². The first-order valence-corrected chi connectivity index (χ1v) is 8.93. The second-order valence-electron chi connectivity index (χ2n) is 5.78. The van der Waals surface area contributed by atoms with Crippen molar-refractivity contribution in [2.45, 2.75) is 43.5 Å². The molecule has 0 spiro atoms. The third-order valence-electron chi connectivity index (χ3n) is 4.15. The molecule has 1 aromatic rings. The molecule has 0 bridgehead atoms. The molecular weight excluding hydrogens is 279 g/mol. The van der Waals surface area contributed by atoms with Gasteiger partial charge in [0.25, 0.3) is 0 Å². The Kier molecular flexibility index (Phi) is 4.81. The predicted octanol–water partition coefficient (Wildman–Crippen LogP) is 2.33. The van der Waals surface area contributed by atoms with Crippen LogP contribution < -0.4 is 0 Å². The van der Waals surface area contributed by atoms with Crippen LogP contribution in [0.2, 0.25) is 0 Å². The summed E-state index contributed by atoms with van der Waals surface area (Å²) in [7, 11) is -3.04. The number of aliphatic hydroxyl groups excluding tert-OH is 1. The molecular formula is C15H21FO3S. The summed E-state index contributed by atoms with van der Waals surface area (Å²) in [4.78, 5) is 0. The van der Waals surface area contributed by atoms with Gasteiger partial charge in [0.15, 0.2) is 0 Å². The zero-order valence-electron chi connectivity index (χ0n) is 11.6. The fraction of sp³-hybridized carbons (Fsp3) is 0.600. The number of sulfone groups is 1. The van der Waals surface area contributed by atoms with Crippen LogP contribution in [0.1, 0.15) is 31.2 Å². The van der Waals surface area contributed by atoms with Gasteiger partial charge >= 0.3 is 0 Å². The molecule has 1 aliphatic carbocycles. The molecule has 0 radical (unpaired) electrons. The van der Waals surface area contributed by atoms with Crippen LogP contribution in [0.25, 0.3) is 0 Å². The molecule has 3 unspecified atom stereocenters. The second kappa shape index (κ2) is 6.22. The van der Waals surface area contributed by atoms with E-state index in [1.54, 1.807) is 12.1 Å². The van der Waals surface area contributed by atoms with Gasteiger partial charge in [-0.1, -0.05) is 18.6 Å². The molecule has 0 amide bonds. The van der Waals surface area contributed by atoms with E-state index in [0.717, 1.165) is 18.4 Å².